The van der Waals surface area contributed by atoms with E-state index in [2.05, 4.69) is 10.3 Å². The third kappa shape index (κ3) is 4.40. The number of hydrogen-bond donors (Lipinski definition) is 1. The van der Waals surface area contributed by atoms with Crippen LogP contribution in [0.15, 0.2) is 46.8 Å². The first-order valence-electron chi connectivity index (χ1n) is 9.26. The van der Waals surface area contributed by atoms with Crippen molar-refractivity contribution >= 4 is 33.1 Å². The number of nitrogens with one attached hydrogen (secondary N) is 1. The summed E-state index contributed by atoms with van der Waals surface area (Å²) in [7, 11) is 0. The molecule has 8 heteroatoms. The second-order valence-corrected chi connectivity index (χ2v) is 7.60. The number of rotatable bonds is 6. The zero-order valence-electron chi connectivity index (χ0n) is 15.3. The molecule has 0 radical (unpaired) electrons. The maximum Gasteiger partial charge on any atom is 0.271 e. The van der Waals surface area contributed by atoms with Gasteiger partial charge in [0.1, 0.15) is 23.6 Å². The lowest BCUT2D eigenvalue weighted by atomic mass is 10.1. The summed E-state index contributed by atoms with van der Waals surface area (Å²) in [5.74, 6) is 0.444. The second kappa shape index (κ2) is 8.53. The summed E-state index contributed by atoms with van der Waals surface area (Å²) < 4.78 is 13.3. The van der Waals surface area contributed by atoms with Crippen LogP contribution in [0.2, 0.25) is 0 Å². The van der Waals surface area contributed by atoms with Crippen LogP contribution in [0.1, 0.15) is 19.3 Å². The van der Waals surface area contributed by atoms with Gasteiger partial charge in [-0.1, -0.05) is 0 Å². The molecule has 1 fully saturated rings. The first-order chi connectivity index (χ1) is 13.7. The van der Waals surface area contributed by atoms with Gasteiger partial charge in [-0.2, -0.15) is 0 Å². The minimum Gasteiger partial charge on any atom is -0.491 e. The third-order valence-corrected chi connectivity index (χ3v) is 5.49. The molecule has 3 aromatic rings. The van der Waals surface area contributed by atoms with E-state index in [9.17, 15) is 9.59 Å². The van der Waals surface area contributed by atoms with E-state index in [1.807, 2.05) is 17.5 Å². The lowest BCUT2D eigenvalue weighted by Crippen LogP contribution is -2.27. The summed E-state index contributed by atoms with van der Waals surface area (Å²) in [4.78, 5) is 28.8. The highest BCUT2D eigenvalue weighted by Gasteiger charge is 2.14. The Kier molecular flexibility index (Phi) is 5.68. The summed E-state index contributed by atoms with van der Waals surface area (Å²) in [5.41, 5.74) is 1.09. The van der Waals surface area contributed by atoms with Crippen LogP contribution in [0.4, 0.5) is 5.69 Å². The van der Waals surface area contributed by atoms with Crippen molar-refractivity contribution in [1.82, 2.24) is 9.55 Å². The van der Waals surface area contributed by atoms with E-state index < -0.39 is 0 Å². The van der Waals surface area contributed by atoms with Gasteiger partial charge in [0, 0.05) is 12.3 Å². The number of ether oxygens (including phenoxy) is 2. The highest BCUT2D eigenvalue weighted by atomic mass is 32.1. The molecule has 146 valence electrons. The molecule has 1 aliphatic heterocycles. The van der Waals surface area contributed by atoms with Gasteiger partial charge in [-0.15, -0.1) is 11.3 Å². The third-order valence-electron chi connectivity index (χ3n) is 4.60. The molecule has 3 heterocycles. The van der Waals surface area contributed by atoms with E-state index in [1.165, 1.54) is 28.7 Å². The molecule has 1 aliphatic rings. The molecule has 1 atom stereocenters. The highest BCUT2D eigenvalue weighted by molar-refractivity contribution is 7.17. The zero-order chi connectivity index (χ0) is 19.3. The van der Waals surface area contributed by atoms with Crippen molar-refractivity contribution in [3.63, 3.8) is 0 Å². The molecule has 0 aliphatic carbocycles. The van der Waals surface area contributed by atoms with Crippen LogP contribution in [-0.4, -0.2) is 34.8 Å². The highest BCUT2D eigenvalue weighted by Crippen LogP contribution is 2.19. The van der Waals surface area contributed by atoms with E-state index >= 15 is 0 Å². The quantitative estimate of drug-likeness (QED) is 0.689. The van der Waals surface area contributed by atoms with Crippen LogP contribution in [0, 0.1) is 0 Å². The van der Waals surface area contributed by atoms with Crippen LogP contribution >= 0.6 is 11.3 Å². The van der Waals surface area contributed by atoms with Gasteiger partial charge in [-0.3, -0.25) is 14.2 Å². The van der Waals surface area contributed by atoms with Gasteiger partial charge in [0.2, 0.25) is 5.91 Å². The number of carbonyl (C=O) groups excluding carboxylic acids is 1. The molecular weight excluding hydrogens is 378 g/mol. The molecule has 0 bridgehead atoms. The monoisotopic (exact) mass is 399 g/mol. The minimum absolute atomic E-state index is 0.0864. The van der Waals surface area contributed by atoms with Crippen molar-refractivity contribution in [1.29, 1.82) is 0 Å². The molecule has 1 unspecified atom stereocenters. The Morgan fingerprint density at radius 1 is 1.29 bits per heavy atom. The standard InChI is InChI=1S/C20H21N3O4S/c24-18(11-23-13-21-17-8-10-28-19(17)20(23)25)22-14-4-6-15(7-5-14)27-12-16-3-1-2-9-26-16/h4-8,10,13,16H,1-3,9,11-12H2,(H,22,24). The van der Waals surface area contributed by atoms with Crippen molar-refractivity contribution in [3.8, 4) is 5.75 Å². The predicted molar refractivity (Wildman–Crippen MR) is 108 cm³/mol. The number of amides is 1. The average molecular weight is 399 g/mol. The molecular formula is C20H21N3O4S. The molecule has 28 heavy (non-hydrogen) atoms. The summed E-state index contributed by atoms with van der Waals surface area (Å²) >= 11 is 1.33. The Balaban J connectivity index is 1.32. The van der Waals surface area contributed by atoms with Crippen LogP contribution < -0.4 is 15.6 Å². The summed E-state index contributed by atoms with van der Waals surface area (Å²) in [5, 5.41) is 4.60. The number of thiophene rings is 1. The minimum atomic E-state index is -0.288. The molecule has 0 saturated carbocycles. The number of carbonyl (C=O) groups is 1. The smallest absolute Gasteiger partial charge is 0.271 e. The first-order valence-corrected chi connectivity index (χ1v) is 10.1. The van der Waals surface area contributed by atoms with E-state index in [0.29, 0.717) is 22.5 Å². The van der Waals surface area contributed by atoms with Crippen molar-refractivity contribution in [2.45, 2.75) is 31.9 Å². The second-order valence-electron chi connectivity index (χ2n) is 6.68. The summed E-state index contributed by atoms with van der Waals surface area (Å²) in [6.45, 7) is 1.25. The Hall–Kier alpha value is -2.71. The molecule has 0 spiro atoms. The molecule has 4 rings (SSSR count). The lowest BCUT2D eigenvalue weighted by molar-refractivity contribution is -0.116. The van der Waals surface area contributed by atoms with Gasteiger partial charge in [0.15, 0.2) is 0 Å². The van der Waals surface area contributed by atoms with Gasteiger partial charge in [0.25, 0.3) is 5.56 Å². The number of anilines is 1. The van der Waals surface area contributed by atoms with E-state index in [4.69, 9.17) is 9.47 Å². The van der Waals surface area contributed by atoms with Crippen molar-refractivity contribution < 1.29 is 14.3 Å². The van der Waals surface area contributed by atoms with E-state index in [-0.39, 0.29) is 24.1 Å². The fourth-order valence-corrected chi connectivity index (χ4v) is 3.90. The molecule has 1 N–H and O–H groups in total. The molecule has 1 amide bonds. The van der Waals surface area contributed by atoms with Gasteiger partial charge < -0.3 is 14.8 Å². The van der Waals surface area contributed by atoms with Gasteiger partial charge >= 0.3 is 0 Å². The number of aromatic nitrogens is 2. The van der Waals surface area contributed by atoms with Crippen molar-refractivity contribution in [2.75, 3.05) is 18.5 Å². The van der Waals surface area contributed by atoms with Gasteiger partial charge in [-0.05, 0) is 55.0 Å². The lowest BCUT2D eigenvalue weighted by Gasteiger charge is -2.22. The fourth-order valence-electron chi connectivity index (χ4n) is 3.11. The van der Waals surface area contributed by atoms with Crippen molar-refractivity contribution in [3.05, 3.63) is 52.4 Å². The predicted octanol–water partition coefficient (Wildman–Crippen LogP) is 3.04. The Morgan fingerprint density at radius 3 is 2.93 bits per heavy atom. The Labute approximate surface area is 165 Å². The molecule has 1 aromatic carbocycles. The fraction of sp³-hybridized carbons (Fsp3) is 0.350. The van der Waals surface area contributed by atoms with Crippen LogP contribution in [0.3, 0.4) is 0 Å². The van der Waals surface area contributed by atoms with Crippen LogP contribution in [-0.2, 0) is 16.1 Å². The average Bonchev–Trinajstić information content (AvgIpc) is 3.20. The molecule has 1 saturated heterocycles. The number of benzene rings is 1. The van der Waals surface area contributed by atoms with E-state index in [1.54, 1.807) is 18.2 Å². The SMILES string of the molecule is O=C(Cn1cnc2ccsc2c1=O)Nc1ccc(OCC2CCCCO2)cc1. The largest absolute Gasteiger partial charge is 0.491 e. The summed E-state index contributed by atoms with van der Waals surface area (Å²) in [6.07, 6.45) is 4.88. The van der Waals surface area contributed by atoms with E-state index in [0.717, 1.165) is 25.2 Å². The number of fused-ring (bicyclic) bond motifs is 1. The summed E-state index contributed by atoms with van der Waals surface area (Å²) in [6, 6.07) is 8.96. The van der Waals surface area contributed by atoms with Gasteiger partial charge in [0.05, 0.1) is 17.9 Å². The maximum absolute atomic E-state index is 12.4. The van der Waals surface area contributed by atoms with Gasteiger partial charge in [-0.25, -0.2) is 4.98 Å². The Bertz CT molecular complexity index is 1010. The first kappa shape index (κ1) is 18.6. The normalized spacial score (nSPS) is 16.8. The molecule has 7 nitrogen and oxygen atoms in total. The molecule has 2 aromatic heterocycles. The van der Waals surface area contributed by atoms with Crippen LogP contribution in [0.25, 0.3) is 10.2 Å². The van der Waals surface area contributed by atoms with Crippen LogP contribution in [0.5, 0.6) is 5.75 Å². The zero-order valence-corrected chi connectivity index (χ0v) is 16.1. The Morgan fingerprint density at radius 2 is 2.14 bits per heavy atom. The maximum atomic E-state index is 12.4. The number of nitrogens with zero attached hydrogens (tertiary/aromatic N) is 2. The van der Waals surface area contributed by atoms with Crippen molar-refractivity contribution in [2.24, 2.45) is 0 Å². The topological polar surface area (TPSA) is 82.5 Å². The number of hydrogen-bond acceptors (Lipinski definition) is 6.